The molecule has 0 radical (unpaired) electrons. The topological polar surface area (TPSA) is 38.3 Å². The highest BCUT2D eigenvalue weighted by Crippen LogP contribution is 2.34. The van der Waals surface area contributed by atoms with Gasteiger partial charge in [0.15, 0.2) is 0 Å². The molecule has 3 nitrogen and oxygen atoms in total. The van der Waals surface area contributed by atoms with Crippen LogP contribution in [0, 0.1) is 0 Å². The van der Waals surface area contributed by atoms with Crippen molar-refractivity contribution >= 4 is 11.7 Å². The summed E-state index contributed by atoms with van der Waals surface area (Å²) < 4.78 is 43.2. The fourth-order valence-electron chi connectivity index (χ4n) is 1.58. The lowest BCUT2D eigenvalue weighted by atomic mass is 10.1. The first-order valence-corrected chi connectivity index (χ1v) is 6.21. The van der Waals surface area contributed by atoms with Gasteiger partial charge in [-0.15, -0.1) is 0 Å². The van der Waals surface area contributed by atoms with Crippen LogP contribution >= 0.6 is 0 Å². The first kappa shape index (κ1) is 16.3. The molecule has 1 rings (SSSR count). The van der Waals surface area contributed by atoms with Gasteiger partial charge in [0.1, 0.15) is 5.60 Å². The third kappa shape index (κ3) is 5.50. The number of halogens is 3. The van der Waals surface area contributed by atoms with Crippen LogP contribution in [-0.4, -0.2) is 18.1 Å². The number of nitrogens with one attached hydrogen (secondary N) is 1. The van der Waals surface area contributed by atoms with E-state index >= 15 is 0 Å². The number of rotatable bonds is 4. The van der Waals surface area contributed by atoms with Crippen molar-refractivity contribution in [2.75, 3.05) is 11.9 Å². The van der Waals surface area contributed by atoms with Crippen LogP contribution in [0.15, 0.2) is 24.3 Å². The SMILES string of the molecule is CC(C)(C)OC(=O)CCNc1ccccc1C(F)(F)F. The molecular formula is C14H18F3NO2. The summed E-state index contributed by atoms with van der Waals surface area (Å²) in [6.07, 6.45) is -4.42. The maximum Gasteiger partial charge on any atom is 0.418 e. The number of ether oxygens (including phenoxy) is 1. The van der Waals surface area contributed by atoms with E-state index < -0.39 is 23.3 Å². The average Bonchev–Trinajstić information content (AvgIpc) is 2.25. The summed E-state index contributed by atoms with van der Waals surface area (Å²) in [5.74, 6) is -0.450. The van der Waals surface area contributed by atoms with Gasteiger partial charge in [0.25, 0.3) is 0 Å². The third-order valence-corrected chi connectivity index (χ3v) is 2.30. The smallest absolute Gasteiger partial charge is 0.418 e. The molecule has 1 aromatic rings. The van der Waals surface area contributed by atoms with E-state index in [1.807, 2.05) is 0 Å². The molecule has 0 fully saturated rings. The number of anilines is 1. The fraction of sp³-hybridized carbons (Fsp3) is 0.500. The largest absolute Gasteiger partial charge is 0.460 e. The Morgan fingerprint density at radius 3 is 2.35 bits per heavy atom. The molecular weight excluding hydrogens is 271 g/mol. The van der Waals surface area contributed by atoms with Crippen molar-refractivity contribution in [1.82, 2.24) is 0 Å². The number of carbonyl (C=O) groups excluding carboxylic acids is 1. The Kier molecular flexibility index (Phi) is 5.03. The van der Waals surface area contributed by atoms with Gasteiger partial charge in [-0.05, 0) is 32.9 Å². The minimum absolute atomic E-state index is 0.00343. The number of benzene rings is 1. The van der Waals surface area contributed by atoms with Crippen LogP contribution in [0.1, 0.15) is 32.8 Å². The average molecular weight is 289 g/mol. The molecule has 1 aromatic carbocycles. The molecule has 0 aliphatic rings. The molecule has 0 saturated heterocycles. The van der Waals surface area contributed by atoms with Gasteiger partial charge in [0.05, 0.1) is 12.0 Å². The molecule has 1 N–H and O–H groups in total. The molecule has 0 aliphatic carbocycles. The van der Waals surface area contributed by atoms with Crippen LogP contribution in [0.3, 0.4) is 0 Å². The van der Waals surface area contributed by atoms with Crippen molar-refractivity contribution in [3.05, 3.63) is 29.8 Å². The van der Waals surface area contributed by atoms with Crippen LogP contribution < -0.4 is 5.32 Å². The predicted octanol–water partition coefficient (Wildman–Crippen LogP) is 3.85. The number of carbonyl (C=O) groups is 1. The van der Waals surface area contributed by atoms with E-state index in [0.29, 0.717) is 0 Å². The minimum atomic E-state index is -4.42. The van der Waals surface area contributed by atoms with Crippen molar-refractivity contribution < 1.29 is 22.7 Å². The quantitative estimate of drug-likeness (QED) is 0.856. The first-order valence-electron chi connectivity index (χ1n) is 6.21. The van der Waals surface area contributed by atoms with E-state index in [1.54, 1.807) is 20.8 Å². The Morgan fingerprint density at radius 1 is 1.20 bits per heavy atom. The molecule has 0 saturated carbocycles. The summed E-state index contributed by atoms with van der Waals surface area (Å²) >= 11 is 0. The highest BCUT2D eigenvalue weighted by Gasteiger charge is 2.33. The van der Waals surface area contributed by atoms with E-state index in [9.17, 15) is 18.0 Å². The number of esters is 1. The second-order valence-corrected chi connectivity index (χ2v) is 5.31. The van der Waals surface area contributed by atoms with Crippen LogP contribution in [0.4, 0.5) is 18.9 Å². The van der Waals surface area contributed by atoms with Crippen molar-refractivity contribution in [3.8, 4) is 0 Å². The molecule has 0 spiro atoms. The Balaban J connectivity index is 2.57. The standard InChI is InChI=1S/C14H18F3NO2/c1-13(2,3)20-12(19)8-9-18-11-7-5-4-6-10(11)14(15,16)17/h4-7,18H,8-9H2,1-3H3. The summed E-state index contributed by atoms with van der Waals surface area (Å²) in [5, 5.41) is 2.62. The Labute approximate surface area is 116 Å². The number of hydrogen-bond donors (Lipinski definition) is 1. The molecule has 0 amide bonds. The lowest BCUT2D eigenvalue weighted by Gasteiger charge is -2.20. The second kappa shape index (κ2) is 6.15. The number of hydrogen-bond acceptors (Lipinski definition) is 3. The summed E-state index contributed by atoms with van der Waals surface area (Å²) in [4.78, 5) is 11.4. The monoisotopic (exact) mass is 289 g/mol. The maximum atomic E-state index is 12.7. The van der Waals surface area contributed by atoms with Crippen LogP contribution in [0.25, 0.3) is 0 Å². The molecule has 6 heteroatoms. The highest BCUT2D eigenvalue weighted by atomic mass is 19.4. The Morgan fingerprint density at radius 2 is 1.80 bits per heavy atom. The molecule has 0 heterocycles. The minimum Gasteiger partial charge on any atom is -0.460 e. The van der Waals surface area contributed by atoms with Gasteiger partial charge < -0.3 is 10.1 Å². The predicted molar refractivity (Wildman–Crippen MR) is 70.4 cm³/mol. The van der Waals surface area contributed by atoms with Crippen LogP contribution in [-0.2, 0) is 15.7 Å². The third-order valence-electron chi connectivity index (χ3n) is 2.30. The molecule has 0 aliphatic heterocycles. The van der Waals surface area contributed by atoms with Gasteiger partial charge in [0, 0.05) is 12.2 Å². The summed E-state index contributed by atoms with van der Waals surface area (Å²) in [6.45, 7) is 5.29. The number of para-hydroxylation sites is 1. The van der Waals surface area contributed by atoms with Gasteiger partial charge >= 0.3 is 12.1 Å². The normalized spacial score (nSPS) is 12.1. The molecule has 0 aromatic heterocycles. The second-order valence-electron chi connectivity index (χ2n) is 5.31. The van der Waals surface area contributed by atoms with Gasteiger partial charge in [-0.2, -0.15) is 13.2 Å². The lowest BCUT2D eigenvalue weighted by molar-refractivity contribution is -0.154. The zero-order valence-corrected chi connectivity index (χ0v) is 11.7. The van der Waals surface area contributed by atoms with E-state index in [2.05, 4.69) is 5.32 Å². The molecule has 112 valence electrons. The van der Waals surface area contributed by atoms with Gasteiger partial charge in [0.2, 0.25) is 0 Å². The zero-order valence-electron chi connectivity index (χ0n) is 11.7. The van der Waals surface area contributed by atoms with Crippen molar-refractivity contribution in [2.45, 2.75) is 39.0 Å². The molecule has 20 heavy (non-hydrogen) atoms. The zero-order chi connectivity index (χ0) is 15.4. The van der Waals surface area contributed by atoms with Crippen LogP contribution in [0.2, 0.25) is 0 Å². The first-order chi connectivity index (χ1) is 9.09. The van der Waals surface area contributed by atoms with Crippen LogP contribution in [0.5, 0.6) is 0 Å². The van der Waals surface area contributed by atoms with E-state index in [1.165, 1.54) is 18.2 Å². The van der Waals surface area contributed by atoms with Gasteiger partial charge in [-0.25, -0.2) is 0 Å². The van der Waals surface area contributed by atoms with E-state index in [-0.39, 0.29) is 18.7 Å². The van der Waals surface area contributed by atoms with Crippen molar-refractivity contribution in [3.63, 3.8) is 0 Å². The van der Waals surface area contributed by atoms with Crippen molar-refractivity contribution in [1.29, 1.82) is 0 Å². The van der Waals surface area contributed by atoms with E-state index in [0.717, 1.165) is 6.07 Å². The number of alkyl halides is 3. The maximum absolute atomic E-state index is 12.7. The Bertz CT molecular complexity index is 464. The highest BCUT2D eigenvalue weighted by molar-refractivity contribution is 5.70. The molecule has 0 bridgehead atoms. The molecule has 0 unspecified atom stereocenters. The van der Waals surface area contributed by atoms with Gasteiger partial charge in [-0.1, -0.05) is 12.1 Å². The van der Waals surface area contributed by atoms with Gasteiger partial charge in [-0.3, -0.25) is 4.79 Å². The van der Waals surface area contributed by atoms with E-state index in [4.69, 9.17) is 4.74 Å². The lowest BCUT2D eigenvalue weighted by Crippen LogP contribution is -2.25. The van der Waals surface area contributed by atoms with Crippen molar-refractivity contribution in [2.24, 2.45) is 0 Å². The fourth-order valence-corrected chi connectivity index (χ4v) is 1.58. The molecule has 0 atom stereocenters. The summed E-state index contributed by atoms with van der Waals surface area (Å²) in [6, 6.07) is 5.15. The Hall–Kier alpha value is -1.72. The summed E-state index contributed by atoms with van der Waals surface area (Å²) in [7, 11) is 0. The summed E-state index contributed by atoms with van der Waals surface area (Å²) in [5.41, 5.74) is -1.38.